The van der Waals surface area contributed by atoms with Crippen molar-refractivity contribution >= 4 is 17.5 Å². The first-order valence-corrected chi connectivity index (χ1v) is 11.5. The fourth-order valence-corrected chi connectivity index (χ4v) is 7.53. The fraction of sp³-hybridized carbons (Fsp3) is 0.792. The largest absolute Gasteiger partial charge is 0.456 e. The molecular weight excluding hydrogens is 400 g/mol. The van der Waals surface area contributed by atoms with Crippen LogP contribution in [0.5, 0.6) is 0 Å². The Morgan fingerprint density at radius 1 is 1.23 bits per heavy atom. The third kappa shape index (κ3) is 3.23. The van der Waals surface area contributed by atoms with E-state index in [0.717, 1.165) is 24.8 Å². The first-order chi connectivity index (χ1) is 14.4. The highest BCUT2D eigenvalue weighted by molar-refractivity contribution is 5.92. The summed E-state index contributed by atoms with van der Waals surface area (Å²) in [6.07, 6.45) is 3.86. The van der Waals surface area contributed by atoms with Gasteiger partial charge in [-0.05, 0) is 74.7 Å². The Bertz CT molecular complexity index is 832. The molecule has 0 radical (unpaired) electrons. The van der Waals surface area contributed by atoms with E-state index >= 15 is 0 Å². The number of allylic oxidation sites excluding steroid dienone is 1. The zero-order chi connectivity index (χ0) is 22.8. The molecule has 4 rings (SSSR count). The van der Waals surface area contributed by atoms with Gasteiger partial charge in [-0.25, -0.2) is 4.79 Å². The van der Waals surface area contributed by atoms with Gasteiger partial charge >= 0.3 is 5.97 Å². The van der Waals surface area contributed by atoms with Crippen LogP contribution < -0.4 is 0 Å². The second-order valence-electron chi connectivity index (χ2n) is 10.7. The average molecular weight is 435 g/mol. The van der Waals surface area contributed by atoms with E-state index in [2.05, 4.69) is 6.92 Å². The number of Topliss-reactive ketones (excluding diaryl/α,β-unsaturated/α-hetero) is 1. The van der Waals surface area contributed by atoms with E-state index in [4.69, 9.17) is 4.74 Å². The monoisotopic (exact) mass is 434 g/mol. The first-order valence-electron chi connectivity index (χ1n) is 11.5. The van der Waals surface area contributed by atoms with Crippen molar-refractivity contribution in [3.8, 4) is 0 Å². The van der Waals surface area contributed by atoms with Gasteiger partial charge in [-0.2, -0.15) is 0 Å². The molecule has 0 aliphatic heterocycles. The van der Waals surface area contributed by atoms with Crippen LogP contribution in [0.2, 0.25) is 0 Å². The number of ether oxygens (including phenoxy) is 1. The number of carbonyl (C=O) groups is 3. The van der Waals surface area contributed by atoms with Gasteiger partial charge in [0, 0.05) is 11.8 Å². The second-order valence-corrected chi connectivity index (χ2v) is 10.7. The summed E-state index contributed by atoms with van der Waals surface area (Å²) in [6, 6.07) is 0. The van der Waals surface area contributed by atoms with Crippen LogP contribution in [0.4, 0.5) is 0 Å². The topological polar surface area (TPSA) is 121 Å². The lowest BCUT2D eigenvalue weighted by atomic mass is 9.45. The second kappa shape index (κ2) is 7.49. The molecule has 172 valence electrons. The van der Waals surface area contributed by atoms with Gasteiger partial charge in [0.1, 0.15) is 11.7 Å². The van der Waals surface area contributed by atoms with E-state index in [1.165, 1.54) is 6.92 Å². The molecule has 4 aliphatic carbocycles. The molecule has 0 amide bonds. The molecule has 1 unspecified atom stereocenters. The van der Waals surface area contributed by atoms with Crippen molar-refractivity contribution in [3.05, 3.63) is 11.6 Å². The normalized spacial score (nSPS) is 45.1. The van der Waals surface area contributed by atoms with E-state index in [1.54, 1.807) is 6.08 Å². The molecule has 4 aliphatic rings. The van der Waals surface area contributed by atoms with Crippen molar-refractivity contribution in [2.75, 3.05) is 6.61 Å². The molecule has 0 aromatic rings. The number of aliphatic hydroxyl groups excluding tert-OH is 2. The third-order valence-electron chi connectivity index (χ3n) is 9.20. The summed E-state index contributed by atoms with van der Waals surface area (Å²) in [4.78, 5) is 36.6. The van der Waals surface area contributed by atoms with Crippen molar-refractivity contribution in [1.82, 2.24) is 0 Å². The molecule has 3 N–H and O–H groups in total. The minimum Gasteiger partial charge on any atom is -0.456 e. The van der Waals surface area contributed by atoms with Crippen LogP contribution >= 0.6 is 0 Å². The van der Waals surface area contributed by atoms with Crippen molar-refractivity contribution in [1.29, 1.82) is 0 Å². The Hall–Kier alpha value is -1.57. The van der Waals surface area contributed by atoms with Crippen molar-refractivity contribution < 1.29 is 34.4 Å². The molecule has 7 nitrogen and oxygen atoms in total. The number of carbonyl (C=O) groups excluding carboxylic acids is 3. The highest BCUT2D eigenvalue weighted by Crippen LogP contribution is 2.67. The van der Waals surface area contributed by atoms with Gasteiger partial charge in [0.05, 0.1) is 6.10 Å². The highest BCUT2D eigenvalue weighted by Gasteiger charge is 2.68. The molecule has 0 saturated heterocycles. The lowest BCUT2D eigenvalue weighted by Gasteiger charge is -2.60. The molecule has 0 aromatic heterocycles. The summed E-state index contributed by atoms with van der Waals surface area (Å²) in [7, 11) is 0. The van der Waals surface area contributed by atoms with Gasteiger partial charge < -0.3 is 20.1 Å². The van der Waals surface area contributed by atoms with Crippen LogP contribution in [0.1, 0.15) is 65.7 Å². The Morgan fingerprint density at radius 3 is 2.61 bits per heavy atom. The van der Waals surface area contributed by atoms with Crippen LogP contribution in [0.15, 0.2) is 11.6 Å². The lowest BCUT2D eigenvalue weighted by Crippen LogP contribution is -2.62. The van der Waals surface area contributed by atoms with Crippen LogP contribution in [0.25, 0.3) is 0 Å². The molecule has 3 saturated carbocycles. The predicted octanol–water partition coefficient (Wildman–Crippen LogP) is 1.71. The average Bonchev–Trinajstić information content (AvgIpc) is 2.97. The SMILES string of the molecule is CC(O)C(=O)OCC(=O)[C@@]1(O)CC[C@H]2[C@@H]3CCC4=CC(=O)CC[C@]4(C)[C@H]3[C@H](O)C[C@@]21C. The van der Waals surface area contributed by atoms with E-state index < -0.39 is 41.6 Å². The van der Waals surface area contributed by atoms with E-state index in [-0.39, 0.29) is 35.4 Å². The number of rotatable bonds is 4. The summed E-state index contributed by atoms with van der Waals surface area (Å²) in [5.74, 6) is -1.07. The van der Waals surface area contributed by atoms with Crippen LogP contribution in [0.3, 0.4) is 0 Å². The van der Waals surface area contributed by atoms with Gasteiger partial charge in [-0.15, -0.1) is 0 Å². The molecule has 0 aromatic carbocycles. The maximum Gasteiger partial charge on any atom is 0.335 e. The van der Waals surface area contributed by atoms with Crippen LogP contribution in [-0.4, -0.2) is 57.3 Å². The van der Waals surface area contributed by atoms with E-state index in [1.807, 2.05) is 6.92 Å². The van der Waals surface area contributed by atoms with Gasteiger partial charge in [0.15, 0.2) is 12.4 Å². The van der Waals surface area contributed by atoms with Gasteiger partial charge in [0.2, 0.25) is 5.78 Å². The van der Waals surface area contributed by atoms with Crippen LogP contribution in [-0.2, 0) is 19.1 Å². The summed E-state index contributed by atoms with van der Waals surface area (Å²) in [5.41, 5.74) is -1.58. The molecule has 3 fully saturated rings. The summed E-state index contributed by atoms with van der Waals surface area (Å²) in [5, 5.41) is 32.2. The smallest absolute Gasteiger partial charge is 0.335 e. The Kier molecular flexibility index (Phi) is 5.47. The first kappa shape index (κ1) is 22.6. The number of hydrogen-bond acceptors (Lipinski definition) is 7. The number of esters is 1. The minimum absolute atomic E-state index is 0.00388. The highest BCUT2D eigenvalue weighted by atomic mass is 16.5. The van der Waals surface area contributed by atoms with Gasteiger partial charge in [-0.3, -0.25) is 9.59 Å². The maximum absolute atomic E-state index is 13.0. The summed E-state index contributed by atoms with van der Waals surface area (Å²) in [6.45, 7) is 4.73. The standard InChI is InChI=1S/C24H34O7/c1-13(25)21(29)31-12-19(28)24(30)9-7-17-16-5-4-14-10-15(26)6-8-22(14,2)20(16)18(27)11-23(17,24)3/h10,13,16-18,20,25,27,30H,4-9,11-12H2,1-3H3/t13?,16-,17-,18+,20+,22-,23-,24-/m0/s1. The molecule has 0 heterocycles. The predicted molar refractivity (Wildman–Crippen MR) is 111 cm³/mol. The van der Waals surface area contributed by atoms with E-state index in [9.17, 15) is 29.7 Å². The number of aliphatic hydroxyl groups is 3. The molecule has 7 heteroatoms. The molecule has 0 bridgehead atoms. The Morgan fingerprint density at radius 2 is 1.94 bits per heavy atom. The zero-order valence-electron chi connectivity index (χ0n) is 18.6. The third-order valence-corrected chi connectivity index (χ3v) is 9.20. The van der Waals surface area contributed by atoms with Crippen molar-refractivity contribution in [2.24, 2.45) is 28.6 Å². The van der Waals surface area contributed by atoms with Crippen molar-refractivity contribution in [3.63, 3.8) is 0 Å². The van der Waals surface area contributed by atoms with E-state index in [0.29, 0.717) is 19.3 Å². The molecule has 8 atom stereocenters. The summed E-state index contributed by atoms with van der Waals surface area (Å²) < 4.78 is 4.90. The van der Waals surface area contributed by atoms with Gasteiger partial charge in [-0.1, -0.05) is 19.4 Å². The quantitative estimate of drug-likeness (QED) is 0.576. The zero-order valence-corrected chi connectivity index (χ0v) is 18.6. The molecule has 0 spiro atoms. The maximum atomic E-state index is 13.0. The van der Waals surface area contributed by atoms with Crippen LogP contribution in [0, 0.1) is 28.6 Å². The number of fused-ring (bicyclic) bond motifs is 5. The molecular formula is C24H34O7. The summed E-state index contributed by atoms with van der Waals surface area (Å²) >= 11 is 0. The van der Waals surface area contributed by atoms with Gasteiger partial charge in [0.25, 0.3) is 0 Å². The minimum atomic E-state index is -1.68. The molecule has 31 heavy (non-hydrogen) atoms. The number of hydrogen-bond donors (Lipinski definition) is 3. The lowest BCUT2D eigenvalue weighted by molar-refractivity contribution is -0.185. The Labute approximate surface area is 182 Å². The Balaban J connectivity index is 1.60. The van der Waals surface area contributed by atoms with Crippen molar-refractivity contribution in [2.45, 2.75) is 83.5 Å². The fourth-order valence-electron chi connectivity index (χ4n) is 7.53. The number of ketones is 2.